The van der Waals surface area contributed by atoms with Crippen molar-refractivity contribution >= 4 is 40.0 Å². The molecule has 30 heavy (non-hydrogen) atoms. The first kappa shape index (κ1) is 21.8. The van der Waals surface area contributed by atoms with Crippen LogP contribution in [0.25, 0.3) is 10.9 Å². The number of ketones is 1. The van der Waals surface area contributed by atoms with Gasteiger partial charge in [-0.25, -0.2) is 4.98 Å². The number of thioether (sulfide) groups is 1. The number of carbonyl (C=O) groups is 2. The summed E-state index contributed by atoms with van der Waals surface area (Å²) >= 11 is 1.49. The number of benzene rings is 2. The van der Waals surface area contributed by atoms with E-state index in [-0.39, 0.29) is 17.2 Å². The van der Waals surface area contributed by atoms with Crippen LogP contribution in [0.1, 0.15) is 43.5 Å². The van der Waals surface area contributed by atoms with Gasteiger partial charge < -0.3 is 5.32 Å². The molecule has 0 aliphatic heterocycles. The molecule has 0 fully saturated rings. The van der Waals surface area contributed by atoms with Crippen LogP contribution < -0.4 is 10.9 Å². The van der Waals surface area contributed by atoms with Crippen molar-refractivity contribution in [3.05, 3.63) is 64.4 Å². The lowest BCUT2D eigenvalue weighted by Crippen LogP contribution is -2.23. The van der Waals surface area contributed by atoms with Gasteiger partial charge in [-0.3, -0.25) is 19.0 Å². The molecule has 7 heteroatoms. The van der Waals surface area contributed by atoms with Crippen molar-refractivity contribution < 1.29 is 9.59 Å². The Morgan fingerprint density at radius 1 is 1.10 bits per heavy atom. The number of carbonyl (C=O) groups excluding carboxylic acids is 2. The minimum absolute atomic E-state index is 0.0245. The van der Waals surface area contributed by atoms with Gasteiger partial charge in [-0.2, -0.15) is 0 Å². The van der Waals surface area contributed by atoms with E-state index in [9.17, 15) is 14.4 Å². The average molecular weight is 424 g/mol. The Hall–Kier alpha value is -2.93. The van der Waals surface area contributed by atoms with Crippen molar-refractivity contribution in [3.63, 3.8) is 0 Å². The number of Topliss-reactive ketones (excluding diaryl/α,β-unsaturated/α-hetero) is 1. The fourth-order valence-corrected chi connectivity index (χ4v) is 4.15. The largest absolute Gasteiger partial charge is 0.325 e. The second-order valence-corrected chi connectivity index (χ2v) is 8.03. The Kier molecular flexibility index (Phi) is 7.41. The maximum Gasteiger partial charge on any atom is 0.262 e. The Balaban J connectivity index is 1.62. The SMILES string of the molecule is CCCn1c(SCCCC(=O)Nc2ccccc2C(C)=O)nc2ccccc2c1=O. The number of hydrogen-bond donors (Lipinski definition) is 1. The molecule has 2 aromatic carbocycles. The first-order valence-electron chi connectivity index (χ1n) is 10.0. The van der Waals surface area contributed by atoms with Crippen LogP contribution in [0.5, 0.6) is 0 Å². The fraction of sp³-hybridized carbons (Fsp3) is 0.304. The average Bonchev–Trinajstić information content (AvgIpc) is 2.74. The number of aromatic nitrogens is 2. The maximum atomic E-state index is 12.8. The molecule has 0 radical (unpaired) electrons. The van der Waals surface area contributed by atoms with Crippen molar-refractivity contribution in [1.82, 2.24) is 9.55 Å². The molecule has 0 aliphatic carbocycles. The smallest absolute Gasteiger partial charge is 0.262 e. The third-order valence-corrected chi connectivity index (χ3v) is 5.70. The number of nitrogens with one attached hydrogen (secondary N) is 1. The van der Waals surface area contributed by atoms with Gasteiger partial charge in [-0.05, 0) is 44.0 Å². The van der Waals surface area contributed by atoms with E-state index in [2.05, 4.69) is 10.3 Å². The molecular weight excluding hydrogens is 398 g/mol. The van der Waals surface area contributed by atoms with Crippen molar-refractivity contribution in [2.75, 3.05) is 11.1 Å². The maximum absolute atomic E-state index is 12.8. The third-order valence-electron chi connectivity index (χ3n) is 4.63. The molecule has 0 atom stereocenters. The number of rotatable bonds is 9. The zero-order chi connectivity index (χ0) is 21.5. The highest BCUT2D eigenvalue weighted by molar-refractivity contribution is 7.99. The highest BCUT2D eigenvalue weighted by atomic mass is 32.2. The monoisotopic (exact) mass is 423 g/mol. The second-order valence-electron chi connectivity index (χ2n) is 6.97. The van der Waals surface area contributed by atoms with E-state index < -0.39 is 0 Å². The Labute approximate surface area is 179 Å². The van der Waals surface area contributed by atoms with Gasteiger partial charge in [0.25, 0.3) is 5.56 Å². The van der Waals surface area contributed by atoms with E-state index in [1.165, 1.54) is 18.7 Å². The standard InChI is InChI=1S/C23H25N3O3S/c1-3-14-26-22(29)18-10-5-7-12-20(18)25-23(26)30-15-8-13-21(28)24-19-11-6-4-9-17(19)16(2)27/h4-7,9-12H,3,8,13-15H2,1-2H3,(H,24,28). The normalized spacial score (nSPS) is 10.9. The van der Waals surface area contributed by atoms with E-state index in [0.29, 0.717) is 52.4 Å². The molecule has 0 saturated carbocycles. The lowest BCUT2D eigenvalue weighted by Gasteiger charge is -2.12. The number of anilines is 1. The van der Waals surface area contributed by atoms with Crippen molar-refractivity contribution in [2.45, 2.75) is 44.8 Å². The van der Waals surface area contributed by atoms with Crippen LogP contribution in [-0.4, -0.2) is 27.0 Å². The summed E-state index contributed by atoms with van der Waals surface area (Å²) in [6.07, 6.45) is 1.80. The molecule has 6 nitrogen and oxygen atoms in total. The summed E-state index contributed by atoms with van der Waals surface area (Å²) in [6, 6.07) is 14.4. The topological polar surface area (TPSA) is 81.1 Å². The van der Waals surface area contributed by atoms with Crippen LogP contribution in [-0.2, 0) is 11.3 Å². The first-order valence-corrected chi connectivity index (χ1v) is 11.0. The predicted molar refractivity (Wildman–Crippen MR) is 121 cm³/mol. The van der Waals surface area contributed by atoms with E-state index in [1.54, 1.807) is 34.9 Å². The minimum Gasteiger partial charge on any atom is -0.325 e. The molecule has 1 amide bonds. The molecule has 0 unspecified atom stereocenters. The quantitative estimate of drug-likeness (QED) is 0.237. The van der Waals surface area contributed by atoms with E-state index in [1.807, 2.05) is 25.1 Å². The molecule has 0 bridgehead atoms. The molecule has 0 aliphatic rings. The van der Waals surface area contributed by atoms with Crippen LogP contribution in [0.15, 0.2) is 58.5 Å². The van der Waals surface area contributed by atoms with Gasteiger partial charge in [0.15, 0.2) is 10.9 Å². The van der Waals surface area contributed by atoms with E-state index >= 15 is 0 Å². The first-order chi connectivity index (χ1) is 14.5. The summed E-state index contributed by atoms with van der Waals surface area (Å²) in [5, 5.41) is 4.12. The third kappa shape index (κ3) is 5.16. The molecule has 1 heterocycles. The van der Waals surface area contributed by atoms with Crippen LogP contribution >= 0.6 is 11.8 Å². The molecule has 0 spiro atoms. The number of hydrogen-bond acceptors (Lipinski definition) is 5. The fourth-order valence-electron chi connectivity index (χ4n) is 3.19. The van der Waals surface area contributed by atoms with Gasteiger partial charge >= 0.3 is 0 Å². The number of nitrogens with zero attached hydrogens (tertiary/aromatic N) is 2. The number of amides is 1. The Morgan fingerprint density at radius 2 is 1.83 bits per heavy atom. The molecule has 156 valence electrons. The highest BCUT2D eigenvalue weighted by Crippen LogP contribution is 2.20. The molecule has 1 aromatic heterocycles. The van der Waals surface area contributed by atoms with Crippen molar-refractivity contribution in [3.8, 4) is 0 Å². The van der Waals surface area contributed by atoms with Crippen molar-refractivity contribution in [2.24, 2.45) is 0 Å². The minimum atomic E-state index is -0.137. The summed E-state index contributed by atoms with van der Waals surface area (Å²) in [7, 11) is 0. The zero-order valence-electron chi connectivity index (χ0n) is 17.2. The molecular formula is C23H25N3O3S. The Bertz CT molecular complexity index is 1120. The van der Waals surface area contributed by atoms with Crippen LogP contribution in [0, 0.1) is 0 Å². The number of fused-ring (bicyclic) bond motifs is 1. The molecule has 3 aromatic rings. The predicted octanol–water partition coefficient (Wildman–Crippen LogP) is 4.52. The summed E-state index contributed by atoms with van der Waals surface area (Å²) in [5.74, 6) is 0.440. The molecule has 1 N–H and O–H groups in total. The molecule has 3 rings (SSSR count). The van der Waals surface area contributed by atoms with Gasteiger partial charge in [-0.1, -0.05) is 43.0 Å². The van der Waals surface area contributed by atoms with Crippen LogP contribution in [0.4, 0.5) is 5.69 Å². The van der Waals surface area contributed by atoms with Gasteiger partial charge in [0.2, 0.25) is 5.91 Å². The highest BCUT2D eigenvalue weighted by Gasteiger charge is 2.12. The van der Waals surface area contributed by atoms with Gasteiger partial charge in [0, 0.05) is 24.3 Å². The van der Waals surface area contributed by atoms with E-state index in [0.717, 1.165) is 6.42 Å². The van der Waals surface area contributed by atoms with Crippen LogP contribution in [0.2, 0.25) is 0 Å². The van der Waals surface area contributed by atoms with Crippen LogP contribution in [0.3, 0.4) is 0 Å². The molecule has 0 saturated heterocycles. The number of para-hydroxylation sites is 2. The van der Waals surface area contributed by atoms with Gasteiger partial charge in [-0.15, -0.1) is 0 Å². The summed E-state index contributed by atoms with van der Waals surface area (Å²) in [6.45, 7) is 4.12. The lowest BCUT2D eigenvalue weighted by molar-refractivity contribution is -0.116. The lowest BCUT2D eigenvalue weighted by atomic mass is 10.1. The van der Waals surface area contributed by atoms with Gasteiger partial charge in [0.05, 0.1) is 16.6 Å². The van der Waals surface area contributed by atoms with Crippen molar-refractivity contribution in [1.29, 1.82) is 0 Å². The van der Waals surface area contributed by atoms with Gasteiger partial charge in [0.1, 0.15) is 0 Å². The Morgan fingerprint density at radius 3 is 2.60 bits per heavy atom. The zero-order valence-corrected chi connectivity index (χ0v) is 18.0. The second kappa shape index (κ2) is 10.2. The summed E-state index contributed by atoms with van der Waals surface area (Å²) in [4.78, 5) is 41.4. The summed E-state index contributed by atoms with van der Waals surface area (Å²) in [5.41, 5.74) is 1.71. The summed E-state index contributed by atoms with van der Waals surface area (Å²) < 4.78 is 1.72. The van der Waals surface area contributed by atoms with E-state index in [4.69, 9.17) is 0 Å².